The minimum atomic E-state index is -3.38. The van der Waals surface area contributed by atoms with E-state index in [-0.39, 0.29) is 19.6 Å². The Morgan fingerprint density at radius 2 is 1.84 bits per heavy atom. The molecule has 0 radical (unpaired) electrons. The monoisotopic (exact) mass is 646 g/mol. The predicted octanol–water partition coefficient (Wildman–Crippen LogP) is 5.82. The Morgan fingerprint density at radius 3 is 2.50 bits per heavy atom. The van der Waals surface area contributed by atoms with Crippen LogP contribution in [0.15, 0.2) is 42.5 Å². The van der Waals surface area contributed by atoms with E-state index in [2.05, 4.69) is 22.0 Å². The van der Waals surface area contributed by atoms with E-state index in [1.165, 1.54) is 37.9 Å². The second-order valence-electron chi connectivity index (χ2n) is 12.2. The molecule has 4 rings (SSSR count). The second kappa shape index (κ2) is 16.8. The zero-order valence-electron chi connectivity index (χ0n) is 25.6. The van der Waals surface area contributed by atoms with Crippen molar-refractivity contribution in [1.82, 2.24) is 10.2 Å². The number of carbonyl (C=O) groups excluding carboxylic acids is 1. The molecule has 2 fully saturated rings. The number of aryl methyl sites for hydroxylation is 1. The van der Waals surface area contributed by atoms with Crippen molar-refractivity contribution in [3.05, 3.63) is 59.2 Å². The van der Waals surface area contributed by atoms with Crippen molar-refractivity contribution in [1.29, 1.82) is 0 Å². The van der Waals surface area contributed by atoms with Crippen molar-refractivity contribution in [2.24, 2.45) is 5.92 Å². The number of hydrogen-bond donors (Lipinski definition) is 2. The molecule has 1 aliphatic heterocycles. The van der Waals surface area contributed by atoms with E-state index < -0.39 is 27.8 Å². The number of nitrogens with zero attached hydrogens (tertiary/aromatic N) is 1. The van der Waals surface area contributed by atoms with Gasteiger partial charge in [0.25, 0.3) is 5.91 Å². The predicted molar refractivity (Wildman–Crippen MR) is 180 cm³/mol. The molecule has 1 amide bonds. The molecule has 2 N–H and O–H groups in total. The number of likely N-dealkylation sites (tertiary alicyclic amines) is 1. The van der Waals surface area contributed by atoms with Gasteiger partial charge < -0.3 is 15.2 Å². The van der Waals surface area contributed by atoms with Gasteiger partial charge in [-0.25, -0.2) is 13.2 Å². The molecule has 0 aromatic heterocycles. The van der Waals surface area contributed by atoms with Crippen LogP contribution in [-0.4, -0.2) is 85.7 Å². The highest BCUT2D eigenvalue weighted by atomic mass is 32.2. The van der Waals surface area contributed by atoms with Crippen molar-refractivity contribution in [2.45, 2.75) is 83.2 Å². The first-order valence-corrected chi connectivity index (χ1v) is 18.4. The number of carboxylic acids is 1. The Labute approximate surface area is 268 Å². The van der Waals surface area contributed by atoms with Gasteiger partial charge >= 0.3 is 5.97 Å². The molecule has 1 saturated carbocycles. The van der Waals surface area contributed by atoms with Crippen molar-refractivity contribution in [3.8, 4) is 11.1 Å². The number of sulfone groups is 1. The highest BCUT2D eigenvalue weighted by Gasteiger charge is 2.33. The fraction of sp³-hybridized carbons (Fsp3) is 0.588. The molecular weight excluding hydrogens is 597 g/mol. The number of benzene rings is 2. The van der Waals surface area contributed by atoms with Gasteiger partial charge in [0.2, 0.25) is 0 Å². The van der Waals surface area contributed by atoms with Gasteiger partial charge in [-0.2, -0.15) is 11.8 Å². The number of hydrogen-bond acceptors (Lipinski definition) is 7. The molecular formula is C34H50N2O6S2. The van der Waals surface area contributed by atoms with Gasteiger partial charge in [0.1, 0.15) is 15.9 Å². The van der Waals surface area contributed by atoms with Gasteiger partial charge in [0.05, 0.1) is 12.4 Å². The van der Waals surface area contributed by atoms with Crippen LogP contribution in [0.5, 0.6) is 0 Å². The Balaban J connectivity index is 0.00000529. The van der Waals surface area contributed by atoms with Gasteiger partial charge in [-0.15, -0.1) is 0 Å². The van der Waals surface area contributed by atoms with Crippen molar-refractivity contribution >= 4 is 33.5 Å². The minimum absolute atomic E-state index is 0. The summed E-state index contributed by atoms with van der Waals surface area (Å²) in [5.41, 5.74) is 4.05. The topological polar surface area (TPSA) is 113 Å². The number of nitrogens with one attached hydrogen (secondary N) is 1. The van der Waals surface area contributed by atoms with Crippen LogP contribution < -0.4 is 5.32 Å². The smallest absolute Gasteiger partial charge is 0.326 e. The van der Waals surface area contributed by atoms with Crippen LogP contribution in [0.2, 0.25) is 0 Å². The number of amides is 1. The highest BCUT2D eigenvalue weighted by molar-refractivity contribution is 7.99. The summed E-state index contributed by atoms with van der Waals surface area (Å²) in [6, 6.07) is 12.6. The third kappa shape index (κ3) is 10.3. The molecule has 10 heteroatoms. The van der Waals surface area contributed by atoms with Crippen LogP contribution in [0.3, 0.4) is 0 Å². The molecule has 2 aromatic rings. The average molecular weight is 647 g/mol. The quantitative estimate of drug-likeness (QED) is 0.264. The van der Waals surface area contributed by atoms with E-state index in [9.17, 15) is 23.1 Å². The maximum Gasteiger partial charge on any atom is 0.326 e. The molecule has 8 nitrogen and oxygen atoms in total. The van der Waals surface area contributed by atoms with Crippen LogP contribution in [0.4, 0.5) is 0 Å². The summed E-state index contributed by atoms with van der Waals surface area (Å²) in [5.74, 6) is -0.0487. The third-order valence-corrected chi connectivity index (χ3v) is 11.1. The van der Waals surface area contributed by atoms with Crippen molar-refractivity contribution in [3.63, 3.8) is 0 Å². The molecule has 2 aromatic carbocycles. The molecule has 1 saturated heterocycles. The average Bonchev–Trinajstić information content (AvgIpc) is 3.35. The fourth-order valence-electron chi connectivity index (χ4n) is 6.29. The van der Waals surface area contributed by atoms with E-state index in [0.717, 1.165) is 53.9 Å². The van der Waals surface area contributed by atoms with Crippen LogP contribution in [0, 0.1) is 12.8 Å². The first-order chi connectivity index (χ1) is 20.5. The first-order valence-electron chi connectivity index (χ1n) is 15.3. The van der Waals surface area contributed by atoms with E-state index in [1.54, 1.807) is 13.2 Å². The normalized spacial score (nSPS) is 20.2. The number of methoxy groups -OCH3 is 1. The first kappa shape index (κ1) is 36.1. The Bertz CT molecular complexity index is 1360. The molecule has 44 heavy (non-hydrogen) atoms. The lowest BCUT2D eigenvalue weighted by Crippen LogP contribution is -2.42. The van der Waals surface area contributed by atoms with Crippen molar-refractivity contribution in [2.75, 3.05) is 38.0 Å². The summed E-state index contributed by atoms with van der Waals surface area (Å²) < 4.78 is 28.9. The number of rotatable bonds is 14. The fourth-order valence-corrected chi connectivity index (χ4v) is 8.49. The maximum absolute atomic E-state index is 13.5. The van der Waals surface area contributed by atoms with E-state index in [0.29, 0.717) is 23.5 Å². The number of thioether (sulfide) groups is 1. The summed E-state index contributed by atoms with van der Waals surface area (Å²) in [6.07, 6.45) is 8.77. The molecule has 2 aliphatic rings. The van der Waals surface area contributed by atoms with Crippen LogP contribution in [0.25, 0.3) is 11.1 Å². The lowest BCUT2D eigenvalue weighted by molar-refractivity contribution is -0.139. The number of aliphatic carboxylic acids is 1. The minimum Gasteiger partial charge on any atom is -0.480 e. The van der Waals surface area contributed by atoms with E-state index in [4.69, 9.17) is 4.74 Å². The summed E-state index contributed by atoms with van der Waals surface area (Å²) in [5, 5.41) is 12.8. The molecule has 0 spiro atoms. The Kier molecular flexibility index (Phi) is 13.8. The number of carboxylic acid groups (broad SMARTS) is 1. The summed E-state index contributed by atoms with van der Waals surface area (Å²) in [6.45, 7) is 4.38. The third-order valence-electron chi connectivity index (χ3n) is 8.67. The van der Waals surface area contributed by atoms with Gasteiger partial charge in [-0.1, -0.05) is 57.0 Å². The maximum atomic E-state index is 13.5. The van der Waals surface area contributed by atoms with Crippen LogP contribution in [0.1, 0.15) is 73.9 Å². The molecule has 1 heterocycles. The van der Waals surface area contributed by atoms with Gasteiger partial charge in [-0.3, -0.25) is 9.69 Å². The van der Waals surface area contributed by atoms with Gasteiger partial charge in [0.15, 0.2) is 0 Å². The molecule has 3 atom stereocenters. The van der Waals surface area contributed by atoms with Crippen LogP contribution >= 0.6 is 11.8 Å². The molecule has 0 bridgehead atoms. The second-order valence-corrected chi connectivity index (χ2v) is 15.8. The summed E-state index contributed by atoms with van der Waals surface area (Å²) in [4.78, 5) is 27.8. The molecule has 1 aliphatic carbocycles. The Hall–Kier alpha value is -2.40. The number of carbonyl (C=O) groups is 2. The van der Waals surface area contributed by atoms with Gasteiger partial charge in [-0.05, 0) is 78.7 Å². The van der Waals surface area contributed by atoms with Gasteiger partial charge in [0, 0.05) is 43.3 Å². The SMILES string of the molecule is C.COC[C@H]1C[C@@H](SCC2CCCCC2)CN1Cc1ccc(C(=O)N[C@@H](CCS(C)(=O)=O)C(=O)O)c(-c2ccccc2C)c1. The lowest BCUT2D eigenvalue weighted by Gasteiger charge is -2.25. The van der Waals surface area contributed by atoms with E-state index in [1.807, 2.05) is 43.3 Å². The zero-order chi connectivity index (χ0) is 31.0. The van der Waals surface area contributed by atoms with Crippen LogP contribution in [-0.2, 0) is 25.9 Å². The summed E-state index contributed by atoms with van der Waals surface area (Å²) >= 11 is 2.12. The molecule has 0 unspecified atom stereocenters. The largest absolute Gasteiger partial charge is 0.480 e. The van der Waals surface area contributed by atoms with E-state index >= 15 is 0 Å². The zero-order valence-corrected chi connectivity index (χ0v) is 27.2. The number of ether oxygens (including phenoxy) is 1. The lowest BCUT2D eigenvalue weighted by atomic mass is 9.91. The molecule has 244 valence electrons. The highest BCUT2D eigenvalue weighted by Crippen LogP contribution is 2.35. The summed E-state index contributed by atoms with van der Waals surface area (Å²) in [7, 11) is -1.62. The Morgan fingerprint density at radius 1 is 1.11 bits per heavy atom. The standard InChI is InChI=1S/C33H46N2O6S2.CH4/c1-23-9-7-8-12-28(23)30-17-25(13-14-29(30)32(36)34-31(33(37)38)15-16-43(3,39)40)19-35-20-27(18-26(35)21-41-2)42-22-24-10-5-4-6-11-24;/h7-9,12-14,17,24,26-27,31H,4-6,10-11,15-16,18-22H2,1-3H3,(H,34,36)(H,37,38);1H4/t26-,27-,31+;/m1./s1. The van der Waals surface area contributed by atoms with Crippen molar-refractivity contribution < 1.29 is 27.9 Å².